The first-order valence-corrected chi connectivity index (χ1v) is 7.91. The third kappa shape index (κ3) is 2.55. The number of rotatable bonds is 3. The summed E-state index contributed by atoms with van der Waals surface area (Å²) in [5, 5.41) is 1.34. The Morgan fingerprint density at radius 1 is 0.762 bits per heavy atom. The van der Waals surface area contributed by atoms with Gasteiger partial charge in [0.2, 0.25) is 0 Å². The number of nitrogen functional groups attached to an aromatic ring is 1. The molecule has 0 saturated heterocycles. The van der Waals surface area contributed by atoms with Gasteiger partial charge in [0.1, 0.15) is 0 Å². The van der Waals surface area contributed by atoms with E-state index in [0.717, 1.165) is 5.39 Å². The van der Waals surface area contributed by atoms with Gasteiger partial charge in [0.05, 0.1) is 4.90 Å². The molecule has 3 aromatic carbocycles. The molecule has 0 aromatic heterocycles. The Balaban J connectivity index is 2.14. The van der Waals surface area contributed by atoms with Gasteiger partial charge in [0, 0.05) is 22.1 Å². The maximum Gasteiger partial charge on any atom is 0.262 e. The summed E-state index contributed by atoms with van der Waals surface area (Å²) in [6, 6.07) is 19.1. The molecule has 0 amide bonds. The SMILES string of the molecule is Nc1cccc2c(S(=O)(=O)Nc3ccccc3)cccc12. The topological polar surface area (TPSA) is 72.2 Å². The van der Waals surface area contributed by atoms with Crippen LogP contribution in [-0.4, -0.2) is 8.42 Å². The highest BCUT2D eigenvalue weighted by Gasteiger charge is 2.17. The molecule has 5 heteroatoms. The maximum atomic E-state index is 12.6. The first kappa shape index (κ1) is 13.5. The Labute approximate surface area is 123 Å². The monoisotopic (exact) mass is 298 g/mol. The molecule has 0 aliphatic carbocycles. The average molecular weight is 298 g/mol. The molecule has 3 N–H and O–H groups in total. The van der Waals surface area contributed by atoms with Crippen molar-refractivity contribution in [3.8, 4) is 0 Å². The summed E-state index contributed by atoms with van der Waals surface area (Å²) in [7, 11) is -3.66. The van der Waals surface area contributed by atoms with Crippen molar-refractivity contribution in [3.63, 3.8) is 0 Å². The summed E-state index contributed by atoms with van der Waals surface area (Å²) in [4.78, 5) is 0.219. The minimum atomic E-state index is -3.66. The van der Waals surface area contributed by atoms with Crippen molar-refractivity contribution in [3.05, 3.63) is 66.7 Å². The highest BCUT2D eigenvalue weighted by atomic mass is 32.2. The summed E-state index contributed by atoms with van der Waals surface area (Å²) in [6.07, 6.45) is 0. The van der Waals surface area contributed by atoms with Gasteiger partial charge in [-0.15, -0.1) is 0 Å². The fourth-order valence-corrected chi connectivity index (χ4v) is 3.54. The Kier molecular flexibility index (Phi) is 3.27. The van der Waals surface area contributed by atoms with Crippen LogP contribution in [0, 0.1) is 0 Å². The number of fused-ring (bicyclic) bond motifs is 1. The first-order chi connectivity index (χ1) is 10.1. The molecule has 4 nitrogen and oxygen atoms in total. The van der Waals surface area contributed by atoms with E-state index in [9.17, 15) is 8.42 Å². The number of hydrogen-bond acceptors (Lipinski definition) is 3. The van der Waals surface area contributed by atoms with Crippen molar-refractivity contribution < 1.29 is 8.42 Å². The van der Waals surface area contributed by atoms with Gasteiger partial charge in [-0.25, -0.2) is 8.42 Å². The number of sulfonamides is 1. The number of hydrogen-bond donors (Lipinski definition) is 2. The van der Waals surface area contributed by atoms with Gasteiger partial charge in [-0.05, 0) is 24.3 Å². The lowest BCUT2D eigenvalue weighted by Gasteiger charge is -2.11. The molecule has 0 bridgehead atoms. The molecule has 3 rings (SSSR count). The first-order valence-electron chi connectivity index (χ1n) is 6.43. The molecule has 0 aliphatic rings. The number of nitrogens with two attached hydrogens (primary N) is 1. The minimum absolute atomic E-state index is 0.219. The second-order valence-corrected chi connectivity index (χ2v) is 6.32. The molecule has 0 radical (unpaired) electrons. The van der Waals surface area contributed by atoms with Crippen LogP contribution >= 0.6 is 0 Å². The summed E-state index contributed by atoms with van der Waals surface area (Å²) in [6.45, 7) is 0. The predicted octanol–water partition coefficient (Wildman–Crippen LogP) is 3.22. The molecule has 0 spiro atoms. The van der Waals surface area contributed by atoms with E-state index in [1.807, 2.05) is 12.1 Å². The van der Waals surface area contributed by atoms with Gasteiger partial charge in [0.25, 0.3) is 10.0 Å². The van der Waals surface area contributed by atoms with E-state index < -0.39 is 10.0 Å². The van der Waals surface area contributed by atoms with Crippen molar-refractivity contribution in [1.29, 1.82) is 0 Å². The van der Waals surface area contributed by atoms with Crippen LogP contribution in [0.5, 0.6) is 0 Å². The Morgan fingerprint density at radius 2 is 1.43 bits per heavy atom. The average Bonchev–Trinajstić information content (AvgIpc) is 2.48. The van der Waals surface area contributed by atoms with Gasteiger partial charge in [-0.2, -0.15) is 0 Å². The van der Waals surface area contributed by atoms with E-state index in [-0.39, 0.29) is 4.90 Å². The van der Waals surface area contributed by atoms with E-state index in [4.69, 9.17) is 5.73 Å². The third-order valence-corrected chi connectivity index (χ3v) is 4.67. The smallest absolute Gasteiger partial charge is 0.262 e. The molecular weight excluding hydrogens is 284 g/mol. The Hall–Kier alpha value is -2.53. The van der Waals surface area contributed by atoms with Crippen LogP contribution < -0.4 is 10.5 Å². The molecule has 0 atom stereocenters. The largest absolute Gasteiger partial charge is 0.398 e. The second kappa shape index (κ2) is 5.10. The van der Waals surface area contributed by atoms with Crippen molar-refractivity contribution in [2.24, 2.45) is 0 Å². The molecule has 0 saturated carbocycles. The van der Waals surface area contributed by atoms with Crippen LogP contribution in [-0.2, 0) is 10.0 Å². The van der Waals surface area contributed by atoms with Crippen molar-refractivity contribution in [1.82, 2.24) is 0 Å². The zero-order chi connectivity index (χ0) is 14.9. The molecule has 0 heterocycles. The third-order valence-electron chi connectivity index (χ3n) is 3.23. The number of para-hydroxylation sites is 1. The molecule has 0 aliphatic heterocycles. The van der Waals surface area contributed by atoms with Crippen LogP contribution in [0.2, 0.25) is 0 Å². The van der Waals surface area contributed by atoms with Gasteiger partial charge in [0.15, 0.2) is 0 Å². The normalized spacial score (nSPS) is 11.4. The number of anilines is 2. The lowest BCUT2D eigenvalue weighted by Crippen LogP contribution is -2.13. The maximum absolute atomic E-state index is 12.6. The van der Waals surface area contributed by atoms with Crippen LogP contribution in [0.3, 0.4) is 0 Å². The van der Waals surface area contributed by atoms with Crippen LogP contribution in [0.25, 0.3) is 10.8 Å². The molecule has 21 heavy (non-hydrogen) atoms. The number of benzene rings is 3. The van der Waals surface area contributed by atoms with E-state index in [2.05, 4.69) is 4.72 Å². The summed E-state index contributed by atoms with van der Waals surface area (Å²) in [5.41, 5.74) is 6.99. The molecule has 3 aromatic rings. The quantitative estimate of drug-likeness (QED) is 0.729. The van der Waals surface area contributed by atoms with E-state index in [0.29, 0.717) is 16.8 Å². The summed E-state index contributed by atoms with van der Waals surface area (Å²) in [5.74, 6) is 0. The van der Waals surface area contributed by atoms with Gasteiger partial charge < -0.3 is 5.73 Å². The lowest BCUT2D eigenvalue weighted by molar-refractivity contribution is 0.602. The molecule has 106 valence electrons. The standard InChI is InChI=1S/C16H14N2O2S/c17-15-10-4-9-14-13(15)8-5-11-16(14)21(19,20)18-12-6-2-1-3-7-12/h1-11,18H,17H2. The van der Waals surface area contributed by atoms with E-state index >= 15 is 0 Å². The van der Waals surface area contributed by atoms with E-state index in [1.54, 1.807) is 54.6 Å². The highest BCUT2D eigenvalue weighted by molar-refractivity contribution is 7.93. The van der Waals surface area contributed by atoms with Gasteiger partial charge in [-0.1, -0.05) is 42.5 Å². The molecule has 0 unspecified atom stereocenters. The fraction of sp³-hybridized carbons (Fsp3) is 0. The van der Waals surface area contributed by atoms with Crippen LogP contribution in [0.1, 0.15) is 0 Å². The highest BCUT2D eigenvalue weighted by Crippen LogP contribution is 2.28. The fourth-order valence-electron chi connectivity index (χ4n) is 2.26. The van der Waals surface area contributed by atoms with Crippen molar-refractivity contribution >= 4 is 32.2 Å². The zero-order valence-electron chi connectivity index (χ0n) is 11.2. The van der Waals surface area contributed by atoms with Crippen LogP contribution in [0.15, 0.2) is 71.6 Å². The Bertz CT molecular complexity index is 891. The lowest BCUT2D eigenvalue weighted by atomic mass is 10.1. The van der Waals surface area contributed by atoms with E-state index in [1.165, 1.54) is 0 Å². The van der Waals surface area contributed by atoms with Crippen molar-refractivity contribution in [2.45, 2.75) is 4.90 Å². The molecule has 0 fully saturated rings. The predicted molar refractivity (Wildman–Crippen MR) is 85.6 cm³/mol. The van der Waals surface area contributed by atoms with Crippen molar-refractivity contribution in [2.75, 3.05) is 10.5 Å². The minimum Gasteiger partial charge on any atom is -0.398 e. The number of nitrogens with one attached hydrogen (secondary N) is 1. The molecular formula is C16H14N2O2S. The summed E-state index contributed by atoms with van der Waals surface area (Å²) >= 11 is 0. The van der Waals surface area contributed by atoms with Gasteiger partial charge >= 0.3 is 0 Å². The second-order valence-electron chi connectivity index (χ2n) is 4.67. The Morgan fingerprint density at radius 3 is 2.19 bits per heavy atom. The van der Waals surface area contributed by atoms with Crippen LogP contribution in [0.4, 0.5) is 11.4 Å². The summed E-state index contributed by atoms with van der Waals surface area (Å²) < 4.78 is 27.7. The zero-order valence-corrected chi connectivity index (χ0v) is 12.0. The van der Waals surface area contributed by atoms with Gasteiger partial charge in [-0.3, -0.25) is 4.72 Å².